The molecular weight excluding hydrogens is 359 g/mol. The zero-order valence-electron chi connectivity index (χ0n) is 14.1. The smallest absolute Gasteiger partial charge is 0.253 e. The molecule has 2 aliphatic rings. The average molecular weight is 383 g/mol. The topological polar surface area (TPSA) is 50.2 Å². The minimum atomic E-state index is 0. The van der Waals surface area contributed by atoms with E-state index in [1.807, 2.05) is 39.9 Å². The SMILES string of the molecule is Cl.Cl.O=C(c1cccc(-n2ccnc2)c1)N1CCC2(CCNC2)CC1. The van der Waals surface area contributed by atoms with E-state index in [-0.39, 0.29) is 30.7 Å². The number of piperidine rings is 1. The average Bonchev–Trinajstić information content (AvgIpc) is 3.28. The van der Waals surface area contributed by atoms with Gasteiger partial charge in [-0.2, -0.15) is 0 Å². The molecule has 1 amide bonds. The van der Waals surface area contributed by atoms with Crippen molar-refractivity contribution in [2.24, 2.45) is 5.41 Å². The highest BCUT2D eigenvalue weighted by molar-refractivity contribution is 5.94. The fourth-order valence-electron chi connectivity index (χ4n) is 3.80. The van der Waals surface area contributed by atoms with Gasteiger partial charge in [0.25, 0.3) is 5.91 Å². The van der Waals surface area contributed by atoms with Crippen molar-refractivity contribution in [3.05, 3.63) is 48.5 Å². The van der Waals surface area contributed by atoms with E-state index in [0.29, 0.717) is 5.41 Å². The Morgan fingerprint density at radius 1 is 1.16 bits per heavy atom. The minimum absolute atomic E-state index is 0. The van der Waals surface area contributed by atoms with Crippen LogP contribution in [-0.2, 0) is 0 Å². The number of nitrogens with one attached hydrogen (secondary N) is 1. The lowest BCUT2D eigenvalue weighted by Gasteiger charge is -2.39. The fourth-order valence-corrected chi connectivity index (χ4v) is 3.80. The first-order chi connectivity index (χ1) is 11.3. The van der Waals surface area contributed by atoms with Crippen LogP contribution < -0.4 is 5.32 Å². The van der Waals surface area contributed by atoms with Crippen LogP contribution in [0.2, 0.25) is 0 Å². The van der Waals surface area contributed by atoms with E-state index in [0.717, 1.165) is 50.3 Å². The van der Waals surface area contributed by atoms with E-state index < -0.39 is 0 Å². The molecule has 0 bridgehead atoms. The first-order valence-corrected chi connectivity index (χ1v) is 8.34. The molecule has 25 heavy (non-hydrogen) atoms. The number of aromatic nitrogens is 2. The molecule has 2 aromatic rings. The summed E-state index contributed by atoms with van der Waals surface area (Å²) in [5, 5.41) is 3.47. The standard InChI is InChI=1S/C18H22N4O.2ClH/c23-17(21-9-5-18(6-10-21)4-7-19-13-18)15-2-1-3-16(12-15)22-11-8-20-14-22;;/h1-3,8,11-12,14,19H,4-7,9-10,13H2;2*1H. The van der Waals surface area contributed by atoms with Crippen LogP contribution in [0.15, 0.2) is 43.0 Å². The highest BCUT2D eigenvalue weighted by atomic mass is 35.5. The minimum Gasteiger partial charge on any atom is -0.339 e. The van der Waals surface area contributed by atoms with Crippen molar-refractivity contribution in [1.29, 1.82) is 0 Å². The number of carbonyl (C=O) groups excluding carboxylic acids is 1. The summed E-state index contributed by atoms with van der Waals surface area (Å²) in [5.74, 6) is 0.146. The van der Waals surface area contributed by atoms with Crippen molar-refractivity contribution in [3.8, 4) is 5.69 Å². The number of rotatable bonds is 2. The summed E-state index contributed by atoms with van der Waals surface area (Å²) in [4.78, 5) is 18.9. The molecule has 1 aromatic heterocycles. The van der Waals surface area contributed by atoms with Crippen molar-refractivity contribution in [2.75, 3.05) is 26.2 Å². The van der Waals surface area contributed by atoms with Crippen molar-refractivity contribution in [1.82, 2.24) is 19.8 Å². The van der Waals surface area contributed by atoms with Gasteiger partial charge in [-0.1, -0.05) is 6.07 Å². The lowest BCUT2D eigenvalue weighted by atomic mass is 9.78. The van der Waals surface area contributed by atoms with E-state index in [1.54, 1.807) is 12.5 Å². The Hall–Kier alpha value is -1.56. The lowest BCUT2D eigenvalue weighted by Crippen LogP contribution is -2.44. The predicted octanol–water partition coefficient (Wildman–Crippen LogP) is 2.93. The Balaban J connectivity index is 0.00000113. The molecule has 0 unspecified atom stereocenters. The molecule has 2 saturated heterocycles. The van der Waals surface area contributed by atoms with Gasteiger partial charge in [0.2, 0.25) is 0 Å². The van der Waals surface area contributed by atoms with Crippen molar-refractivity contribution >= 4 is 30.7 Å². The van der Waals surface area contributed by atoms with E-state index in [9.17, 15) is 4.79 Å². The number of hydrogen-bond donors (Lipinski definition) is 1. The van der Waals surface area contributed by atoms with Crippen LogP contribution in [0.1, 0.15) is 29.6 Å². The predicted molar refractivity (Wildman–Crippen MR) is 103 cm³/mol. The van der Waals surface area contributed by atoms with Gasteiger partial charge in [0.05, 0.1) is 6.33 Å². The third kappa shape index (κ3) is 4.00. The van der Waals surface area contributed by atoms with E-state index in [2.05, 4.69) is 10.3 Å². The van der Waals surface area contributed by atoms with Gasteiger partial charge < -0.3 is 14.8 Å². The molecule has 2 fully saturated rings. The zero-order valence-corrected chi connectivity index (χ0v) is 15.7. The number of halogens is 2. The number of amides is 1. The van der Waals surface area contributed by atoms with Gasteiger partial charge in [0.1, 0.15) is 0 Å². The molecule has 0 radical (unpaired) electrons. The van der Waals surface area contributed by atoms with Gasteiger partial charge in [-0.15, -0.1) is 24.8 Å². The maximum absolute atomic E-state index is 12.8. The van der Waals surface area contributed by atoms with Crippen molar-refractivity contribution in [3.63, 3.8) is 0 Å². The summed E-state index contributed by atoms with van der Waals surface area (Å²) in [7, 11) is 0. The van der Waals surface area contributed by atoms with E-state index in [4.69, 9.17) is 0 Å². The van der Waals surface area contributed by atoms with Crippen LogP contribution in [0.3, 0.4) is 0 Å². The molecule has 3 heterocycles. The van der Waals surface area contributed by atoms with Crippen LogP contribution in [0, 0.1) is 5.41 Å². The molecule has 0 saturated carbocycles. The maximum atomic E-state index is 12.8. The number of carbonyl (C=O) groups is 1. The lowest BCUT2D eigenvalue weighted by molar-refractivity contribution is 0.0607. The Labute approximate surface area is 160 Å². The van der Waals surface area contributed by atoms with Crippen LogP contribution in [0.5, 0.6) is 0 Å². The summed E-state index contributed by atoms with van der Waals surface area (Å²) in [6.07, 6.45) is 8.88. The highest BCUT2D eigenvalue weighted by Gasteiger charge is 2.38. The largest absolute Gasteiger partial charge is 0.339 e. The molecule has 7 heteroatoms. The molecule has 4 rings (SSSR count). The number of nitrogens with zero attached hydrogens (tertiary/aromatic N) is 3. The first kappa shape index (κ1) is 19.8. The Morgan fingerprint density at radius 2 is 1.96 bits per heavy atom. The molecule has 136 valence electrons. The molecule has 0 aliphatic carbocycles. The van der Waals surface area contributed by atoms with Gasteiger partial charge in [-0.25, -0.2) is 4.98 Å². The zero-order chi connectivity index (χ0) is 15.7. The monoisotopic (exact) mass is 382 g/mol. The Bertz CT molecular complexity index is 689. The van der Waals surface area contributed by atoms with Gasteiger partial charge in [0, 0.05) is 43.3 Å². The summed E-state index contributed by atoms with van der Waals surface area (Å²) in [5.41, 5.74) is 2.17. The molecule has 2 aliphatic heterocycles. The van der Waals surface area contributed by atoms with Crippen LogP contribution in [-0.4, -0.2) is 46.5 Å². The number of benzene rings is 1. The summed E-state index contributed by atoms with van der Waals surface area (Å²) >= 11 is 0. The Morgan fingerprint density at radius 3 is 2.60 bits per heavy atom. The van der Waals surface area contributed by atoms with E-state index >= 15 is 0 Å². The van der Waals surface area contributed by atoms with Crippen LogP contribution >= 0.6 is 24.8 Å². The third-order valence-corrected chi connectivity index (χ3v) is 5.34. The maximum Gasteiger partial charge on any atom is 0.253 e. The molecule has 1 N–H and O–H groups in total. The molecule has 5 nitrogen and oxygen atoms in total. The number of likely N-dealkylation sites (tertiary alicyclic amines) is 1. The first-order valence-electron chi connectivity index (χ1n) is 8.34. The molecule has 1 spiro atoms. The second-order valence-electron chi connectivity index (χ2n) is 6.74. The summed E-state index contributed by atoms with van der Waals surface area (Å²) in [6.45, 7) is 3.98. The fraction of sp³-hybridized carbons (Fsp3) is 0.444. The van der Waals surface area contributed by atoms with Gasteiger partial charge in [-0.05, 0) is 49.4 Å². The van der Waals surface area contributed by atoms with Gasteiger partial charge >= 0.3 is 0 Å². The number of imidazole rings is 1. The second-order valence-corrected chi connectivity index (χ2v) is 6.74. The normalized spacial score (nSPS) is 18.5. The molecule has 1 aromatic carbocycles. The van der Waals surface area contributed by atoms with Crippen molar-refractivity contribution in [2.45, 2.75) is 19.3 Å². The number of hydrogen-bond acceptors (Lipinski definition) is 3. The molecule has 0 atom stereocenters. The third-order valence-electron chi connectivity index (χ3n) is 5.34. The quantitative estimate of drug-likeness (QED) is 0.868. The van der Waals surface area contributed by atoms with Gasteiger partial charge in [0.15, 0.2) is 0 Å². The van der Waals surface area contributed by atoms with Crippen LogP contribution in [0.4, 0.5) is 0 Å². The highest BCUT2D eigenvalue weighted by Crippen LogP contribution is 2.37. The van der Waals surface area contributed by atoms with Gasteiger partial charge in [-0.3, -0.25) is 4.79 Å². The summed E-state index contributed by atoms with van der Waals surface area (Å²) < 4.78 is 1.92. The Kier molecular flexibility index (Phi) is 6.49. The van der Waals surface area contributed by atoms with Crippen molar-refractivity contribution < 1.29 is 4.79 Å². The van der Waals surface area contributed by atoms with Crippen LogP contribution in [0.25, 0.3) is 5.69 Å². The van der Waals surface area contributed by atoms with E-state index in [1.165, 1.54) is 6.42 Å². The second kappa shape index (κ2) is 8.21. The molecular formula is C18H24Cl2N4O. The summed E-state index contributed by atoms with van der Waals surface area (Å²) in [6, 6.07) is 7.79.